The van der Waals surface area contributed by atoms with Crippen LogP contribution in [0, 0.1) is 5.92 Å². The maximum Gasteiger partial charge on any atom is 0.441 e. The molecule has 7 heteroatoms. The molecule has 0 aromatic rings. The summed E-state index contributed by atoms with van der Waals surface area (Å²) in [7, 11) is 0. The highest BCUT2D eigenvalue weighted by atomic mass is 32.2. The summed E-state index contributed by atoms with van der Waals surface area (Å²) in [5.74, 6) is -1.05. The first-order valence-electron chi connectivity index (χ1n) is 4.99. The number of carboxylic acid groups (broad SMARTS) is 1. The molecule has 1 heterocycles. The van der Waals surface area contributed by atoms with Crippen LogP contribution in [0.4, 0.5) is 13.2 Å². The van der Waals surface area contributed by atoms with Gasteiger partial charge in [0.05, 0.1) is 0 Å². The van der Waals surface area contributed by atoms with Crippen molar-refractivity contribution < 1.29 is 23.1 Å². The van der Waals surface area contributed by atoms with Crippen LogP contribution in [0.1, 0.15) is 13.3 Å². The summed E-state index contributed by atoms with van der Waals surface area (Å²) in [5.41, 5.74) is -4.23. The third-order valence-electron chi connectivity index (χ3n) is 2.70. The highest BCUT2D eigenvalue weighted by molar-refractivity contribution is 8.00. The highest BCUT2D eigenvalue weighted by Gasteiger charge is 2.37. The van der Waals surface area contributed by atoms with Crippen LogP contribution in [0.15, 0.2) is 0 Å². The SMILES string of the molecule is CC1CCN(CCSC(F)(F)F)C1C(=O)O. The van der Waals surface area contributed by atoms with E-state index in [1.807, 2.05) is 6.92 Å². The Labute approximate surface area is 96.0 Å². The van der Waals surface area contributed by atoms with Gasteiger partial charge < -0.3 is 5.11 Å². The van der Waals surface area contributed by atoms with E-state index >= 15 is 0 Å². The summed E-state index contributed by atoms with van der Waals surface area (Å²) in [6, 6.07) is -0.631. The molecule has 1 aliphatic heterocycles. The van der Waals surface area contributed by atoms with Gasteiger partial charge in [-0.05, 0) is 30.6 Å². The molecule has 0 radical (unpaired) electrons. The molecule has 0 amide bonds. The van der Waals surface area contributed by atoms with Crippen LogP contribution >= 0.6 is 11.8 Å². The van der Waals surface area contributed by atoms with E-state index in [-0.39, 0.29) is 30.0 Å². The Bertz CT molecular complexity index is 260. The molecule has 2 atom stereocenters. The fourth-order valence-electron chi connectivity index (χ4n) is 1.96. The Balaban J connectivity index is 2.39. The van der Waals surface area contributed by atoms with Crippen molar-refractivity contribution in [2.75, 3.05) is 18.8 Å². The predicted octanol–water partition coefficient (Wildman–Crippen LogP) is 2.03. The zero-order chi connectivity index (χ0) is 12.3. The van der Waals surface area contributed by atoms with E-state index in [0.29, 0.717) is 6.54 Å². The minimum Gasteiger partial charge on any atom is -0.480 e. The number of thioether (sulfide) groups is 1. The lowest BCUT2D eigenvalue weighted by molar-refractivity contribution is -0.143. The van der Waals surface area contributed by atoms with Gasteiger partial charge in [0.2, 0.25) is 0 Å². The van der Waals surface area contributed by atoms with E-state index in [2.05, 4.69) is 0 Å². The van der Waals surface area contributed by atoms with Gasteiger partial charge in [-0.2, -0.15) is 13.2 Å². The molecule has 3 nitrogen and oxygen atoms in total. The monoisotopic (exact) mass is 257 g/mol. The third-order valence-corrected chi connectivity index (χ3v) is 3.42. The van der Waals surface area contributed by atoms with E-state index in [9.17, 15) is 18.0 Å². The summed E-state index contributed by atoms with van der Waals surface area (Å²) in [6.45, 7) is 2.55. The second-order valence-corrected chi connectivity index (χ2v) is 5.04. The quantitative estimate of drug-likeness (QED) is 0.836. The predicted molar refractivity (Wildman–Crippen MR) is 55.3 cm³/mol. The first kappa shape index (κ1) is 13.6. The molecule has 1 fully saturated rings. The summed E-state index contributed by atoms with van der Waals surface area (Å²) in [6.07, 6.45) is 0.730. The van der Waals surface area contributed by atoms with Gasteiger partial charge in [0, 0.05) is 12.3 Å². The average Bonchev–Trinajstić information content (AvgIpc) is 2.44. The Morgan fingerprint density at radius 1 is 1.56 bits per heavy atom. The summed E-state index contributed by atoms with van der Waals surface area (Å²) < 4.78 is 35.7. The largest absolute Gasteiger partial charge is 0.480 e. The van der Waals surface area contributed by atoms with Crippen LogP contribution in [-0.2, 0) is 4.79 Å². The van der Waals surface area contributed by atoms with E-state index in [1.54, 1.807) is 4.90 Å². The molecular weight excluding hydrogens is 243 g/mol. The van der Waals surface area contributed by atoms with Gasteiger partial charge in [0.25, 0.3) is 0 Å². The van der Waals surface area contributed by atoms with Crippen molar-refractivity contribution in [3.63, 3.8) is 0 Å². The third kappa shape index (κ3) is 3.86. The molecule has 1 saturated heterocycles. The second-order valence-electron chi connectivity index (χ2n) is 3.88. The molecule has 1 N–H and O–H groups in total. The molecule has 0 spiro atoms. The van der Waals surface area contributed by atoms with Crippen molar-refractivity contribution in [2.24, 2.45) is 5.92 Å². The first-order valence-corrected chi connectivity index (χ1v) is 5.97. The van der Waals surface area contributed by atoms with Gasteiger partial charge in [0.15, 0.2) is 0 Å². The lowest BCUT2D eigenvalue weighted by atomic mass is 10.0. The number of aliphatic carboxylic acids is 1. The zero-order valence-electron chi connectivity index (χ0n) is 8.83. The minimum absolute atomic E-state index is 0.00777. The molecule has 2 unspecified atom stereocenters. The van der Waals surface area contributed by atoms with Gasteiger partial charge in [0.1, 0.15) is 6.04 Å². The summed E-state index contributed by atoms with van der Waals surface area (Å²) in [4.78, 5) is 12.5. The minimum atomic E-state index is -4.23. The maximum absolute atomic E-state index is 11.9. The smallest absolute Gasteiger partial charge is 0.441 e. The molecule has 1 aliphatic rings. The van der Waals surface area contributed by atoms with Gasteiger partial charge in [-0.15, -0.1) is 0 Å². The molecule has 0 aromatic carbocycles. The van der Waals surface area contributed by atoms with E-state index in [1.165, 1.54) is 0 Å². The number of hydrogen-bond acceptors (Lipinski definition) is 3. The number of hydrogen-bond donors (Lipinski definition) is 1. The van der Waals surface area contributed by atoms with Gasteiger partial charge in [-0.3, -0.25) is 9.69 Å². The normalized spacial score (nSPS) is 27.2. The Morgan fingerprint density at radius 3 is 2.69 bits per heavy atom. The molecule has 94 valence electrons. The Hall–Kier alpha value is -0.430. The van der Waals surface area contributed by atoms with E-state index in [0.717, 1.165) is 6.42 Å². The molecule has 0 aliphatic carbocycles. The van der Waals surface area contributed by atoms with Crippen molar-refractivity contribution in [3.8, 4) is 0 Å². The number of likely N-dealkylation sites (tertiary alicyclic amines) is 1. The first-order chi connectivity index (χ1) is 7.31. The van der Waals surface area contributed by atoms with Crippen LogP contribution in [-0.4, -0.2) is 46.4 Å². The lowest BCUT2D eigenvalue weighted by Gasteiger charge is -2.22. The van der Waals surface area contributed by atoms with Crippen LogP contribution in [0.5, 0.6) is 0 Å². The van der Waals surface area contributed by atoms with Crippen LogP contribution < -0.4 is 0 Å². The number of halogens is 3. The van der Waals surface area contributed by atoms with Crippen molar-refractivity contribution in [2.45, 2.75) is 24.9 Å². The number of nitrogens with zero attached hydrogens (tertiary/aromatic N) is 1. The summed E-state index contributed by atoms with van der Waals surface area (Å²) in [5, 5.41) is 8.94. The lowest BCUT2D eigenvalue weighted by Crippen LogP contribution is -2.40. The average molecular weight is 257 g/mol. The van der Waals surface area contributed by atoms with Crippen molar-refractivity contribution >= 4 is 17.7 Å². The van der Waals surface area contributed by atoms with Gasteiger partial charge >= 0.3 is 11.5 Å². The highest BCUT2D eigenvalue weighted by Crippen LogP contribution is 2.31. The van der Waals surface area contributed by atoms with Crippen molar-refractivity contribution in [1.29, 1.82) is 0 Å². The molecule has 0 saturated carbocycles. The van der Waals surface area contributed by atoms with Crippen LogP contribution in [0.25, 0.3) is 0 Å². The fraction of sp³-hybridized carbons (Fsp3) is 0.889. The van der Waals surface area contributed by atoms with Gasteiger partial charge in [-0.25, -0.2) is 0 Å². The van der Waals surface area contributed by atoms with Crippen molar-refractivity contribution in [3.05, 3.63) is 0 Å². The number of carboxylic acids is 1. The van der Waals surface area contributed by atoms with E-state index < -0.39 is 17.5 Å². The molecular formula is C9H14F3NO2S. The molecule has 16 heavy (non-hydrogen) atoms. The van der Waals surface area contributed by atoms with Gasteiger partial charge in [-0.1, -0.05) is 6.92 Å². The molecule has 0 bridgehead atoms. The topological polar surface area (TPSA) is 40.5 Å². The number of carbonyl (C=O) groups is 1. The standard InChI is InChI=1S/C9H14F3NO2S/c1-6-2-3-13(7(6)8(14)15)4-5-16-9(10,11)12/h6-7H,2-5H2,1H3,(H,14,15). The number of alkyl halides is 3. The van der Waals surface area contributed by atoms with Crippen molar-refractivity contribution in [1.82, 2.24) is 4.90 Å². The number of rotatable bonds is 4. The summed E-state index contributed by atoms with van der Waals surface area (Å²) >= 11 is -0.0992. The fourth-order valence-corrected chi connectivity index (χ4v) is 2.51. The van der Waals surface area contributed by atoms with Crippen LogP contribution in [0.2, 0.25) is 0 Å². The molecule has 1 rings (SSSR count). The Morgan fingerprint density at radius 2 is 2.19 bits per heavy atom. The van der Waals surface area contributed by atoms with E-state index in [4.69, 9.17) is 5.11 Å². The Kier molecular flexibility index (Phi) is 4.49. The van der Waals surface area contributed by atoms with Crippen LogP contribution in [0.3, 0.4) is 0 Å². The maximum atomic E-state index is 11.9. The zero-order valence-corrected chi connectivity index (χ0v) is 9.64. The molecule has 0 aromatic heterocycles. The second kappa shape index (κ2) is 5.27.